The van der Waals surface area contributed by atoms with Crippen molar-refractivity contribution < 1.29 is 4.74 Å². The molecular formula is C10H17IO. The van der Waals surface area contributed by atoms with Gasteiger partial charge in [-0.3, -0.25) is 0 Å². The summed E-state index contributed by atoms with van der Waals surface area (Å²) in [5, 5.41) is 0. The predicted molar refractivity (Wildman–Crippen MR) is 60.8 cm³/mol. The van der Waals surface area contributed by atoms with Gasteiger partial charge in [-0.05, 0) is 32.1 Å². The highest BCUT2D eigenvalue weighted by Crippen LogP contribution is 2.24. The molecule has 0 saturated carbocycles. The van der Waals surface area contributed by atoms with Crippen LogP contribution >= 0.6 is 22.6 Å². The summed E-state index contributed by atoms with van der Waals surface area (Å²) < 4.78 is 6.33. The minimum absolute atomic E-state index is 0.537. The summed E-state index contributed by atoms with van der Waals surface area (Å²) in [7, 11) is 0. The molecule has 1 heterocycles. The monoisotopic (exact) mass is 280 g/mol. The van der Waals surface area contributed by atoms with Crippen LogP contribution < -0.4 is 0 Å². The highest BCUT2D eigenvalue weighted by molar-refractivity contribution is 14.1. The van der Waals surface area contributed by atoms with Crippen molar-refractivity contribution in [2.24, 2.45) is 0 Å². The molecule has 0 amide bonds. The Labute approximate surface area is 88.7 Å². The molecule has 70 valence electrons. The van der Waals surface area contributed by atoms with Gasteiger partial charge < -0.3 is 4.74 Å². The van der Waals surface area contributed by atoms with E-state index in [0.717, 1.165) is 13.0 Å². The number of unbranched alkanes of at least 4 members (excludes halogenated alkanes) is 1. The maximum atomic E-state index is 5.61. The number of rotatable bonds is 5. The molecule has 0 spiro atoms. The molecular weight excluding hydrogens is 263 g/mol. The Kier molecular flexibility index (Phi) is 5.23. The number of alkyl halides is 1. The van der Waals surface area contributed by atoms with E-state index in [-0.39, 0.29) is 0 Å². The van der Waals surface area contributed by atoms with Crippen molar-refractivity contribution in [3.63, 3.8) is 0 Å². The molecule has 0 aromatic rings. The average molecular weight is 280 g/mol. The van der Waals surface area contributed by atoms with E-state index in [9.17, 15) is 0 Å². The van der Waals surface area contributed by atoms with E-state index in [1.807, 2.05) is 6.08 Å². The number of allylic oxidation sites excluding steroid dienone is 1. The van der Waals surface area contributed by atoms with Crippen LogP contribution in [0.4, 0.5) is 0 Å². The van der Waals surface area contributed by atoms with E-state index in [2.05, 4.69) is 29.2 Å². The van der Waals surface area contributed by atoms with Gasteiger partial charge in [0.15, 0.2) is 0 Å². The lowest BCUT2D eigenvalue weighted by atomic mass is 10.1. The molecule has 12 heavy (non-hydrogen) atoms. The molecule has 1 nitrogen and oxygen atoms in total. The highest BCUT2D eigenvalue weighted by atomic mass is 127. The first-order valence-electron chi connectivity index (χ1n) is 4.71. The Bertz CT molecular complexity index is 130. The van der Waals surface area contributed by atoms with Crippen LogP contribution in [0.5, 0.6) is 0 Å². The maximum absolute atomic E-state index is 5.61. The van der Waals surface area contributed by atoms with Gasteiger partial charge in [0.05, 0.1) is 6.10 Å². The maximum Gasteiger partial charge on any atom is 0.0693 e. The van der Waals surface area contributed by atoms with Crippen molar-refractivity contribution in [3.05, 3.63) is 12.7 Å². The second kappa shape index (κ2) is 5.97. The minimum atomic E-state index is 0.537. The van der Waals surface area contributed by atoms with Crippen LogP contribution in [-0.4, -0.2) is 16.6 Å². The predicted octanol–water partition coefficient (Wildman–Crippen LogP) is 3.33. The normalized spacial score (nSPS) is 25.6. The first-order valence-corrected chi connectivity index (χ1v) is 5.95. The van der Waals surface area contributed by atoms with Gasteiger partial charge in [-0.2, -0.15) is 0 Å². The molecule has 2 atom stereocenters. The van der Waals surface area contributed by atoms with Crippen LogP contribution in [0.1, 0.15) is 32.1 Å². The van der Waals surface area contributed by atoms with E-state index in [1.165, 1.54) is 25.7 Å². The van der Waals surface area contributed by atoms with Crippen LogP contribution in [0.3, 0.4) is 0 Å². The van der Waals surface area contributed by atoms with Gasteiger partial charge in [-0.25, -0.2) is 0 Å². The first-order chi connectivity index (χ1) is 5.84. The molecule has 0 bridgehead atoms. The number of halogens is 1. The molecule has 0 unspecified atom stereocenters. The molecule has 0 aromatic heterocycles. The molecule has 0 aliphatic carbocycles. The number of hydrogen-bond donors (Lipinski definition) is 0. The van der Waals surface area contributed by atoms with E-state index >= 15 is 0 Å². The summed E-state index contributed by atoms with van der Waals surface area (Å²) in [5.41, 5.74) is 0. The van der Waals surface area contributed by atoms with Gasteiger partial charge in [-0.15, -0.1) is 6.58 Å². The van der Waals surface area contributed by atoms with E-state index in [4.69, 9.17) is 4.74 Å². The molecule has 1 fully saturated rings. The molecule has 2 heteroatoms. The first kappa shape index (κ1) is 10.5. The zero-order valence-corrected chi connectivity index (χ0v) is 9.63. The second-order valence-corrected chi connectivity index (χ2v) is 4.89. The SMILES string of the molecule is C=CCCC[C@@H](I)[C@H]1CCCO1. The molecule has 1 saturated heterocycles. The zero-order chi connectivity index (χ0) is 8.81. The fourth-order valence-corrected chi connectivity index (χ4v) is 2.54. The standard InChI is InChI=1S/C10H17IO/c1-2-3-4-6-9(11)10-7-5-8-12-10/h2,9-10H,1,3-8H2/t9-,10-/m1/s1. The van der Waals surface area contributed by atoms with Crippen LogP contribution in [0.25, 0.3) is 0 Å². The molecule has 1 aliphatic rings. The number of ether oxygens (including phenoxy) is 1. The molecule has 1 rings (SSSR count). The van der Waals surface area contributed by atoms with Gasteiger partial charge in [0.1, 0.15) is 0 Å². The minimum Gasteiger partial charge on any atom is -0.377 e. The number of hydrogen-bond acceptors (Lipinski definition) is 1. The summed E-state index contributed by atoms with van der Waals surface area (Å²) in [6, 6.07) is 0. The Morgan fingerprint density at radius 2 is 2.50 bits per heavy atom. The van der Waals surface area contributed by atoms with Crippen LogP contribution in [0.2, 0.25) is 0 Å². The Balaban J connectivity index is 2.09. The van der Waals surface area contributed by atoms with Gasteiger partial charge >= 0.3 is 0 Å². The third-order valence-corrected chi connectivity index (χ3v) is 3.68. The van der Waals surface area contributed by atoms with Gasteiger partial charge in [0, 0.05) is 10.5 Å². The van der Waals surface area contributed by atoms with Crippen molar-refractivity contribution in [1.82, 2.24) is 0 Å². The quantitative estimate of drug-likeness (QED) is 0.325. The summed E-state index contributed by atoms with van der Waals surface area (Å²) in [4.78, 5) is 0. The molecule has 0 N–H and O–H groups in total. The van der Waals surface area contributed by atoms with E-state index < -0.39 is 0 Å². The molecule has 1 aliphatic heterocycles. The van der Waals surface area contributed by atoms with Crippen molar-refractivity contribution in [2.75, 3.05) is 6.61 Å². The second-order valence-electron chi connectivity index (χ2n) is 3.29. The van der Waals surface area contributed by atoms with Gasteiger partial charge in [0.25, 0.3) is 0 Å². The van der Waals surface area contributed by atoms with Crippen molar-refractivity contribution in [2.45, 2.75) is 42.1 Å². The van der Waals surface area contributed by atoms with Crippen molar-refractivity contribution in [1.29, 1.82) is 0 Å². The van der Waals surface area contributed by atoms with Crippen molar-refractivity contribution >= 4 is 22.6 Å². The largest absolute Gasteiger partial charge is 0.377 e. The smallest absolute Gasteiger partial charge is 0.0693 e. The lowest BCUT2D eigenvalue weighted by Gasteiger charge is -2.15. The summed E-state index contributed by atoms with van der Waals surface area (Å²) in [6.07, 6.45) is 8.74. The van der Waals surface area contributed by atoms with Gasteiger partial charge in [0.2, 0.25) is 0 Å². The third-order valence-electron chi connectivity index (χ3n) is 2.26. The summed E-state index contributed by atoms with van der Waals surface area (Å²) >= 11 is 2.52. The van der Waals surface area contributed by atoms with E-state index in [0.29, 0.717) is 10.0 Å². The van der Waals surface area contributed by atoms with Gasteiger partial charge in [-0.1, -0.05) is 28.7 Å². The van der Waals surface area contributed by atoms with Crippen LogP contribution in [-0.2, 0) is 4.74 Å². The fourth-order valence-electron chi connectivity index (χ4n) is 1.53. The van der Waals surface area contributed by atoms with Crippen molar-refractivity contribution in [3.8, 4) is 0 Å². The fraction of sp³-hybridized carbons (Fsp3) is 0.800. The third kappa shape index (κ3) is 3.44. The Morgan fingerprint density at radius 3 is 3.08 bits per heavy atom. The van der Waals surface area contributed by atoms with E-state index in [1.54, 1.807) is 0 Å². The highest BCUT2D eigenvalue weighted by Gasteiger charge is 2.22. The van der Waals surface area contributed by atoms with Crippen LogP contribution in [0.15, 0.2) is 12.7 Å². The Morgan fingerprint density at radius 1 is 1.67 bits per heavy atom. The summed E-state index contributed by atoms with van der Waals surface area (Å²) in [6.45, 7) is 4.70. The zero-order valence-electron chi connectivity index (χ0n) is 7.47. The lowest BCUT2D eigenvalue weighted by Crippen LogP contribution is -2.18. The Hall–Kier alpha value is 0.430. The molecule has 0 radical (unpaired) electrons. The van der Waals surface area contributed by atoms with Crippen LogP contribution in [0, 0.1) is 0 Å². The molecule has 0 aromatic carbocycles. The topological polar surface area (TPSA) is 9.23 Å². The average Bonchev–Trinajstić information content (AvgIpc) is 2.56. The lowest BCUT2D eigenvalue weighted by molar-refractivity contribution is 0.110. The summed E-state index contributed by atoms with van der Waals surface area (Å²) in [5.74, 6) is 0.